The van der Waals surface area contributed by atoms with Crippen LogP contribution in [0.15, 0.2) is 16.7 Å². The van der Waals surface area contributed by atoms with Gasteiger partial charge in [0.2, 0.25) is 0 Å². The average molecular weight is 182 g/mol. The summed E-state index contributed by atoms with van der Waals surface area (Å²) in [4.78, 5) is 0. The van der Waals surface area contributed by atoms with E-state index in [-0.39, 0.29) is 6.04 Å². The van der Waals surface area contributed by atoms with E-state index in [1.807, 2.05) is 13.0 Å². The van der Waals surface area contributed by atoms with Crippen molar-refractivity contribution in [3.05, 3.63) is 23.7 Å². The van der Waals surface area contributed by atoms with E-state index < -0.39 is 0 Å². The Labute approximate surface area is 79.3 Å². The van der Waals surface area contributed by atoms with Crippen LogP contribution in [0, 0.1) is 12.8 Å². The van der Waals surface area contributed by atoms with Gasteiger partial charge in [-0.1, -0.05) is 13.8 Å². The van der Waals surface area contributed by atoms with Crippen molar-refractivity contribution < 1.29 is 4.42 Å². The van der Waals surface area contributed by atoms with E-state index in [1.54, 1.807) is 6.26 Å². The second-order valence-corrected chi connectivity index (χ2v) is 3.82. The highest BCUT2D eigenvalue weighted by Gasteiger charge is 2.16. The van der Waals surface area contributed by atoms with Crippen molar-refractivity contribution in [3.8, 4) is 0 Å². The zero-order chi connectivity index (χ0) is 9.84. The number of nitrogens with two attached hydrogens (primary N) is 1. The monoisotopic (exact) mass is 182 g/mol. The molecule has 3 nitrogen and oxygen atoms in total. The highest BCUT2D eigenvalue weighted by Crippen LogP contribution is 2.23. The Hall–Kier alpha value is -0.800. The third kappa shape index (κ3) is 2.57. The molecule has 1 aromatic rings. The minimum absolute atomic E-state index is 0.134. The van der Waals surface area contributed by atoms with E-state index in [0.717, 1.165) is 17.7 Å². The number of rotatable bonds is 4. The first-order chi connectivity index (χ1) is 6.15. The fourth-order valence-electron chi connectivity index (χ4n) is 1.46. The van der Waals surface area contributed by atoms with Crippen molar-refractivity contribution in [2.45, 2.75) is 33.2 Å². The predicted molar refractivity (Wildman–Crippen MR) is 53.0 cm³/mol. The summed E-state index contributed by atoms with van der Waals surface area (Å²) < 4.78 is 5.38. The molecule has 1 atom stereocenters. The molecule has 0 aliphatic heterocycles. The number of furan rings is 1. The number of aryl methyl sites for hydroxylation is 1. The summed E-state index contributed by atoms with van der Waals surface area (Å²) in [6, 6.07) is 2.09. The molecule has 0 aromatic carbocycles. The fourth-order valence-corrected chi connectivity index (χ4v) is 1.46. The molecule has 1 rings (SSSR count). The Bertz CT molecular complexity index is 255. The van der Waals surface area contributed by atoms with E-state index in [0.29, 0.717) is 5.92 Å². The van der Waals surface area contributed by atoms with Gasteiger partial charge in [0.15, 0.2) is 0 Å². The van der Waals surface area contributed by atoms with Gasteiger partial charge in [-0.15, -0.1) is 0 Å². The summed E-state index contributed by atoms with van der Waals surface area (Å²) in [5.41, 5.74) is 3.94. The van der Waals surface area contributed by atoms with Crippen LogP contribution in [0.1, 0.15) is 37.6 Å². The van der Waals surface area contributed by atoms with E-state index in [2.05, 4.69) is 19.3 Å². The molecule has 0 radical (unpaired) electrons. The van der Waals surface area contributed by atoms with E-state index >= 15 is 0 Å². The van der Waals surface area contributed by atoms with Crippen LogP contribution in [0.25, 0.3) is 0 Å². The van der Waals surface area contributed by atoms with Gasteiger partial charge in [-0.25, -0.2) is 5.43 Å². The summed E-state index contributed by atoms with van der Waals surface area (Å²) in [5, 5.41) is 0. The topological polar surface area (TPSA) is 51.2 Å². The van der Waals surface area contributed by atoms with Gasteiger partial charge in [-0.3, -0.25) is 5.84 Å². The molecular formula is C10H18N2O. The highest BCUT2D eigenvalue weighted by atomic mass is 16.3. The fraction of sp³-hybridized carbons (Fsp3) is 0.600. The van der Waals surface area contributed by atoms with E-state index in [4.69, 9.17) is 10.3 Å². The number of hydrogen-bond donors (Lipinski definition) is 2. The van der Waals surface area contributed by atoms with Gasteiger partial charge in [0.05, 0.1) is 12.3 Å². The Morgan fingerprint density at radius 2 is 2.23 bits per heavy atom. The predicted octanol–water partition coefficient (Wildman–Crippen LogP) is 2.14. The third-order valence-corrected chi connectivity index (χ3v) is 2.13. The molecule has 0 bridgehead atoms. The van der Waals surface area contributed by atoms with Gasteiger partial charge < -0.3 is 4.42 Å². The minimum Gasteiger partial charge on any atom is -0.467 e. The quantitative estimate of drug-likeness (QED) is 0.554. The maximum absolute atomic E-state index is 5.47. The standard InChI is InChI=1S/C10H18N2O/c1-7(2)6-9(12-11)10-8(3)4-5-13-10/h4-5,7,9,12H,6,11H2,1-3H3. The number of nitrogens with one attached hydrogen (secondary N) is 1. The van der Waals surface area contributed by atoms with Gasteiger partial charge in [-0.2, -0.15) is 0 Å². The van der Waals surface area contributed by atoms with Crippen LogP contribution in [0.5, 0.6) is 0 Å². The summed E-state index contributed by atoms with van der Waals surface area (Å²) in [6.45, 7) is 6.37. The van der Waals surface area contributed by atoms with Crippen LogP contribution in [0.2, 0.25) is 0 Å². The largest absolute Gasteiger partial charge is 0.467 e. The lowest BCUT2D eigenvalue weighted by atomic mass is 10.0. The number of hydrogen-bond acceptors (Lipinski definition) is 3. The molecule has 3 N–H and O–H groups in total. The summed E-state index contributed by atoms with van der Waals surface area (Å²) in [6.07, 6.45) is 2.69. The molecule has 1 aromatic heterocycles. The molecule has 0 fully saturated rings. The molecule has 0 spiro atoms. The molecule has 1 unspecified atom stereocenters. The lowest BCUT2D eigenvalue weighted by Gasteiger charge is -2.16. The lowest BCUT2D eigenvalue weighted by molar-refractivity contribution is 0.363. The van der Waals surface area contributed by atoms with Crippen molar-refractivity contribution in [3.63, 3.8) is 0 Å². The second-order valence-electron chi connectivity index (χ2n) is 3.82. The molecule has 0 saturated carbocycles. The van der Waals surface area contributed by atoms with Gasteiger partial charge in [0.25, 0.3) is 0 Å². The average Bonchev–Trinajstić information content (AvgIpc) is 2.47. The maximum atomic E-state index is 5.47. The Morgan fingerprint density at radius 1 is 1.54 bits per heavy atom. The maximum Gasteiger partial charge on any atom is 0.124 e. The van der Waals surface area contributed by atoms with Crippen LogP contribution in [-0.4, -0.2) is 0 Å². The van der Waals surface area contributed by atoms with Gasteiger partial charge in [0.1, 0.15) is 5.76 Å². The summed E-state index contributed by atoms with van der Waals surface area (Å²) in [5.74, 6) is 7.03. The minimum atomic E-state index is 0.134. The third-order valence-electron chi connectivity index (χ3n) is 2.13. The molecule has 0 saturated heterocycles. The zero-order valence-corrected chi connectivity index (χ0v) is 8.50. The van der Waals surface area contributed by atoms with E-state index in [9.17, 15) is 0 Å². The van der Waals surface area contributed by atoms with Crippen molar-refractivity contribution in [2.24, 2.45) is 11.8 Å². The Kier molecular flexibility index (Phi) is 3.51. The van der Waals surface area contributed by atoms with Crippen LogP contribution in [0.4, 0.5) is 0 Å². The molecule has 3 heteroatoms. The smallest absolute Gasteiger partial charge is 0.124 e. The molecule has 0 amide bonds. The van der Waals surface area contributed by atoms with Gasteiger partial charge in [0, 0.05) is 0 Å². The zero-order valence-electron chi connectivity index (χ0n) is 8.50. The van der Waals surface area contributed by atoms with E-state index in [1.165, 1.54) is 0 Å². The molecule has 1 heterocycles. The van der Waals surface area contributed by atoms with Crippen LogP contribution in [-0.2, 0) is 0 Å². The molecule has 0 aliphatic carbocycles. The van der Waals surface area contributed by atoms with Crippen LogP contribution < -0.4 is 11.3 Å². The highest BCUT2D eigenvalue weighted by molar-refractivity contribution is 5.17. The SMILES string of the molecule is Cc1ccoc1C(CC(C)C)NN. The number of hydrazine groups is 1. The molecule has 74 valence electrons. The molecular weight excluding hydrogens is 164 g/mol. The lowest BCUT2D eigenvalue weighted by Crippen LogP contribution is -2.29. The Balaban J connectivity index is 2.72. The van der Waals surface area contributed by atoms with Crippen molar-refractivity contribution in [1.29, 1.82) is 0 Å². The summed E-state index contributed by atoms with van der Waals surface area (Å²) in [7, 11) is 0. The normalized spacial score (nSPS) is 13.6. The van der Waals surface area contributed by atoms with Gasteiger partial charge >= 0.3 is 0 Å². The Morgan fingerprint density at radius 3 is 2.62 bits per heavy atom. The van der Waals surface area contributed by atoms with Crippen molar-refractivity contribution >= 4 is 0 Å². The second kappa shape index (κ2) is 4.44. The molecule has 13 heavy (non-hydrogen) atoms. The van der Waals surface area contributed by atoms with Crippen molar-refractivity contribution in [2.75, 3.05) is 0 Å². The first-order valence-electron chi connectivity index (χ1n) is 4.65. The van der Waals surface area contributed by atoms with Crippen molar-refractivity contribution in [1.82, 2.24) is 5.43 Å². The first kappa shape index (κ1) is 10.3. The summed E-state index contributed by atoms with van der Waals surface area (Å²) >= 11 is 0. The van der Waals surface area contributed by atoms with Crippen LogP contribution in [0.3, 0.4) is 0 Å². The van der Waals surface area contributed by atoms with Crippen LogP contribution >= 0.6 is 0 Å². The van der Waals surface area contributed by atoms with Gasteiger partial charge in [-0.05, 0) is 30.9 Å². The first-order valence-corrected chi connectivity index (χ1v) is 4.65. The molecule has 0 aliphatic rings.